The Bertz CT molecular complexity index is 726. The highest BCUT2D eigenvalue weighted by Gasteiger charge is 2.10. The largest absolute Gasteiger partial charge is 0.484 e. The number of aromatic nitrogens is 2. The Kier molecular flexibility index (Phi) is 4.45. The van der Waals surface area contributed by atoms with Crippen LogP contribution in [0.2, 0.25) is 0 Å². The normalized spacial score (nSPS) is 10.4. The van der Waals surface area contributed by atoms with Crippen molar-refractivity contribution in [2.24, 2.45) is 0 Å². The number of rotatable bonds is 6. The van der Waals surface area contributed by atoms with Crippen LogP contribution in [0.3, 0.4) is 0 Å². The van der Waals surface area contributed by atoms with Gasteiger partial charge in [0, 0.05) is 0 Å². The fourth-order valence-electron chi connectivity index (χ4n) is 1.72. The van der Waals surface area contributed by atoms with Crippen molar-refractivity contribution in [3.63, 3.8) is 0 Å². The topological polar surface area (TPSA) is 77.2 Å². The zero-order chi connectivity index (χ0) is 15.2. The molecule has 0 radical (unpaired) electrons. The number of amides is 1. The number of carbonyl (C=O) groups is 1. The molecular formula is C15H13N3O3S. The van der Waals surface area contributed by atoms with Gasteiger partial charge in [0.2, 0.25) is 5.89 Å². The van der Waals surface area contributed by atoms with Crippen molar-refractivity contribution in [3.8, 4) is 16.5 Å². The molecule has 22 heavy (non-hydrogen) atoms. The summed E-state index contributed by atoms with van der Waals surface area (Å²) in [5, 5.41) is 12.4. The summed E-state index contributed by atoms with van der Waals surface area (Å²) in [4.78, 5) is 12.6. The number of nitrogens with one attached hydrogen (secondary N) is 1. The molecule has 0 aliphatic carbocycles. The molecule has 3 rings (SSSR count). The number of thiophene rings is 1. The highest BCUT2D eigenvalue weighted by Crippen LogP contribution is 2.22. The van der Waals surface area contributed by atoms with Crippen LogP contribution in [-0.2, 0) is 11.3 Å². The summed E-state index contributed by atoms with van der Waals surface area (Å²) in [6, 6.07) is 13.0. The Labute approximate surface area is 130 Å². The van der Waals surface area contributed by atoms with Gasteiger partial charge in [0.15, 0.2) is 6.61 Å². The van der Waals surface area contributed by atoms with Crippen LogP contribution in [0.1, 0.15) is 5.89 Å². The van der Waals surface area contributed by atoms with E-state index in [9.17, 15) is 4.79 Å². The van der Waals surface area contributed by atoms with E-state index in [0.29, 0.717) is 17.5 Å². The van der Waals surface area contributed by atoms with Crippen LogP contribution in [0.15, 0.2) is 52.3 Å². The van der Waals surface area contributed by atoms with E-state index in [1.165, 1.54) is 11.3 Å². The average molecular weight is 315 g/mol. The maximum atomic E-state index is 11.7. The van der Waals surface area contributed by atoms with Gasteiger partial charge in [-0.1, -0.05) is 24.3 Å². The lowest BCUT2D eigenvalue weighted by atomic mass is 10.3. The van der Waals surface area contributed by atoms with Crippen molar-refractivity contribution in [2.45, 2.75) is 6.54 Å². The van der Waals surface area contributed by atoms with Gasteiger partial charge in [0.25, 0.3) is 11.8 Å². The third-order valence-electron chi connectivity index (χ3n) is 2.75. The molecular weight excluding hydrogens is 302 g/mol. The third-order valence-corrected chi connectivity index (χ3v) is 3.61. The van der Waals surface area contributed by atoms with Gasteiger partial charge < -0.3 is 14.5 Å². The van der Waals surface area contributed by atoms with Crippen LogP contribution >= 0.6 is 11.3 Å². The molecule has 0 bridgehead atoms. The van der Waals surface area contributed by atoms with Gasteiger partial charge in [-0.05, 0) is 23.6 Å². The highest BCUT2D eigenvalue weighted by molar-refractivity contribution is 7.13. The van der Waals surface area contributed by atoms with Crippen molar-refractivity contribution >= 4 is 17.2 Å². The minimum Gasteiger partial charge on any atom is -0.484 e. The minimum atomic E-state index is -0.250. The number of para-hydroxylation sites is 1. The smallest absolute Gasteiger partial charge is 0.258 e. The zero-order valence-corrected chi connectivity index (χ0v) is 12.4. The summed E-state index contributed by atoms with van der Waals surface area (Å²) in [7, 11) is 0. The van der Waals surface area contributed by atoms with Gasteiger partial charge in [-0.15, -0.1) is 21.5 Å². The predicted octanol–water partition coefficient (Wildman–Crippen LogP) is 2.49. The van der Waals surface area contributed by atoms with Gasteiger partial charge in [0.1, 0.15) is 5.75 Å². The fourth-order valence-corrected chi connectivity index (χ4v) is 2.36. The van der Waals surface area contributed by atoms with E-state index in [4.69, 9.17) is 9.15 Å². The number of benzene rings is 1. The standard InChI is InChI=1S/C15H13N3O3S/c19-13(10-20-11-5-2-1-3-6-11)16-9-14-17-18-15(21-14)12-7-4-8-22-12/h1-8H,9-10H2,(H,16,19). The lowest BCUT2D eigenvalue weighted by molar-refractivity contribution is -0.123. The monoisotopic (exact) mass is 315 g/mol. The predicted molar refractivity (Wildman–Crippen MR) is 81.4 cm³/mol. The van der Waals surface area contributed by atoms with Crippen molar-refractivity contribution in [3.05, 3.63) is 53.7 Å². The molecule has 1 amide bonds. The number of hydrogen-bond donors (Lipinski definition) is 1. The van der Waals surface area contributed by atoms with Gasteiger partial charge in [-0.2, -0.15) is 0 Å². The number of nitrogens with zero attached hydrogens (tertiary/aromatic N) is 2. The van der Waals surface area contributed by atoms with Crippen molar-refractivity contribution in [1.82, 2.24) is 15.5 Å². The molecule has 0 atom stereocenters. The molecule has 0 saturated heterocycles. The maximum absolute atomic E-state index is 11.7. The Hall–Kier alpha value is -2.67. The lowest BCUT2D eigenvalue weighted by Gasteiger charge is -2.05. The number of hydrogen-bond acceptors (Lipinski definition) is 6. The molecule has 0 fully saturated rings. The number of ether oxygens (including phenoxy) is 1. The van der Waals surface area contributed by atoms with E-state index in [0.717, 1.165) is 4.88 Å². The first-order chi connectivity index (χ1) is 10.8. The Morgan fingerprint density at radius 2 is 2.05 bits per heavy atom. The Balaban J connectivity index is 1.47. The lowest BCUT2D eigenvalue weighted by Crippen LogP contribution is -2.28. The van der Waals surface area contributed by atoms with Gasteiger partial charge >= 0.3 is 0 Å². The van der Waals surface area contributed by atoms with Crippen LogP contribution in [0.5, 0.6) is 5.75 Å². The molecule has 1 aromatic carbocycles. The van der Waals surface area contributed by atoms with E-state index in [-0.39, 0.29) is 19.1 Å². The van der Waals surface area contributed by atoms with Crippen molar-refractivity contribution in [2.75, 3.05) is 6.61 Å². The summed E-state index contributed by atoms with van der Waals surface area (Å²) in [5.74, 6) is 1.21. The summed E-state index contributed by atoms with van der Waals surface area (Å²) in [5.41, 5.74) is 0. The second-order valence-corrected chi connectivity index (χ2v) is 5.30. The fraction of sp³-hybridized carbons (Fsp3) is 0.133. The summed E-state index contributed by atoms with van der Waals surface area (Å²) in [6.45, 7) is 0.116. The summed E-state index contributed by atoms with van der Waals surface area (Å²) >= 11 is 1.52. The van der Waals surface area contributed by atoms with Gasteiger partial charge in [-0.25, -0.2) is 0 Å². The molecule has 0 aliphatic heterocycles. The maximum Gasteiger partial charge on any atom is 0.258 e. The zero-order valence-electron chi connectivity index (χ0n) is 11.6. The van der Waals surface area contributed by atoms with Crippen LogP contribution in [0.4, 0.5) is 0 Å². The quantitative estimate of drug-likeness (QED) is 0.756. The highest BCUT2D eigenvalue weighted by atomic mass is 32.1. The van der Waals surface area contributed by atoms with Crippen LogP contribution < -0.4 is 10.1 Å². The SMILES string of the molecule is O=C(COc1ccccc1)NCc1nnc(-c2cccs2)o1. The first kappa shape index (κ1) is 14.3. The molecule has 3 aromatic rings. The van der Waals surface area contributed by atoms with Crippen LogP contribution in [-0.4, -0.2) is 22.7 Å². The molecule has 0 aliphatic rings. The first-order valence-electron chi connectivity index (χ1n) is 6.62. The van der Waals surface area contributed by atoms with Crippen molar-refractivity contribution < 1.29 is 13.9 Å². The second-order valence-electron chi connectivity index (χ2n) is 4.36. The van der Waals surface area contributed by atoms with E-state index in [1.54, 1.807) is 12.1 Å². The van der Waals surface area contributed by atoms with E-state index in [1.807, 2.05) is 35.7 Å². The number of carbonyl (C=O) groups excluding carboxylic acids is 1. The molecule has 0 unspecified atom stereocenters. The minimum absolute atomic E-state index is 0.0596. The van der Waals surface area contributed by atoms with Crippen LogP contribution in [0.25, 0.3) is 10.8 Å². The Morgan fingerprint density at radius 3 is 2.82 bits per heavy atom. The van der Waals surface area contributed by atoms with E-state index < -0.39 is 0 Å². The molecule has 0 spiro atoms. The Morgan fingerprint density at radius 1 is 1.18 bits per heavy atom. The molecule has 6 nitrogen and oxygen atoms in total. The third kappa shape index (κ3) is 3.70. The first-order valence-corrected chi connectivity index (χ1v) is 7.50. The molecule has 0 saturated carbocycles. The molecule has 112 valence electrons. The van der Waals surface area contributed by atoms with Gasteiger partial charge in [0.05, 0.1) is 11.4 Å². The summed E-state index contributed by atoms with van der Waals surface area (Å²) < 4.78 is 10.8. The molecule has 7 heteroatoms. The average Bonchev–Trinajstić information content (AvgIpc) is 3.22. The van der Waals surface area contributed by atoms with E-state index in [2.05, 4.69) is 15.5 Å². The van der Waals surface area contributed by atoms with Crippen molar-refractivity contribution in [1.29, 1.82) is 0 Å². The van der Waals surface area contributed by atoms with Gasteiger partial charge in [-0.3, -0.25) is 4.79 Å². The molecule has 1 N–H and O–H groups in total. The molecule has 2 heterocycles. The van der Waals surface area contributed by atoms with Crippen LogP contribution in [0, 0.1) is 0 Å². The second kappa shape index (κ2) is 6.86. The molecule has 2 aromatic heterocycles. The summed E-state index contributed by atoms with van der Waals surface area (Å²) in [6.07, 6.45) is 0. The van der Waals surface area contributed by atoms with E-state index >= 15 is 0 Å².